The van der Waals surface area contributed by atoms with Crippen LogP contribution in [0.1, 0.15) is 31.2 Å². The van der Waals surface area contributed by atoms with Crippen LogP contribution in [0.2, 0.25) is 0 Å². The van der Waals surface area contributed by atoms with Gasteiger partial charge in [0.2, 0.25) is 5.91 Å². The van der Waals surface area contributed by atoms with Crippen LogP contribution in [-0.2, 0) is 11.0 Å². The van der Waals surface area contributed by atoms with E-state index < -0.39 is 17.3 Å². The highest BCUT2D eigenvalue weighted by molar-refractivity contribution is 5.89. The zero-order chi connectivity index (χ0) is 16.7. The van der Waals surface area contributed by atoms with E-state index in [0.29, 0.717) is 31.7 Å². The molecule has 0 radical (unpaired) electrons. The Bertz CT molecular complexity index is 583. The molecule has 0 bridgehead atoms. The summed E-state index contributed by atoms with van der Waals surface area (Å²) < 4.78 is 37.7. The number of nitrogens with one attached hydrogen (secondary N) is 1. The largest absolute Gasteiger partial charge is 0.417 e. The number of anilines is 1. The van der Waals surface area contributed by atoms with E-state index in [2.05, 4.69) is 10.3 Å². The molecule has 2 heterocycles. The van der Waals surface area contributed by atoms with E-state index >= 15 is 0 Å². The zero-order valence-corrected chi connectivity index (χ0v) is 12.6. The first-order valence-corrected chi connectivity index (χ1v) is 7.66. The number of hydrogen-bond donors (Lipinski definition) is 2. The summed E-state index contributed by atoms with van der Waals surface area (Å²) in [5.41, 5.74) is 4.39. The highest BCUT2D eigenvalue weighted by Gasteiger charge is 2.46. The van der Waals surface area contributed by atoms with Gasteiger partial charge in [-0.3, -0.25) is 4.79 Å². The van der Waals surface area contributed by atoms with Crippen molar-refractivity contribution >= 4 is 11.7 Å². The van der Waals surface area contributed by atoms with E-state index in [9.17, 15) is 18.0 Å². The number of pyridine rings is 1. The zero-order valence-electron chi connectivity index (χ0n) is 12.6. The number of nitrogens with zero attached hydrogens (tertiary/aromatic N) is 2. The Hall–Kier alpha value is -1.83. The molecule has 1 aromatic rings. The van der Waals surface area contributed by atoms with Gasteiger partial charge in [-0.15, -0.1) is 0 Å². The predicted octanol–water partition coefficient (Wildman–Crippen LogP) is 1.68. The summed E-state index contributed by atoms with van der Waals surface area (Å²) in [6.45, 7) is 1.23. The number of nitrogens with two attached hydrogens (primary N) is 1. The molecular weight excluding hydrogens is 309 g/mol. The minimum Gasteiger partial charge on any atom is -0.355 e. The second kappa shape index (κ2) is 5.67. The lowest BCUT2D eigenvalue weighted by Gasteiger charge is -2.34. The molecule has 5 nitrogen and oxygen atoms in total. The van der Waals surface area contributed by atoms with E-state index in [1.54, 1.807) is 0 Å². The Morgan fingerprint density at radius 2 is 2.13 bits per heavy atom. The summed E-state index contributed by atoms with van der Waals surface area (Å²) in [5.74, 6) is 0.357. The van der Waals surface area contributed by atoms with Crippen molar-refractivity contribution in [2.24, 2.45) is 5.73 Å². The Balaban J connectivity index is 1.63. The van der Waals surface area contributed by atoms with Gasteiger partial charge in [-0.1, -0.05) is 0 Å². The van der Waals surface area contributed by atoms with E-state index in [1.165, 1.54) is 6.07 Å². The van der Waals surface area contributed by atoms with E-state index in [0.717, 1.165) is 25.1 Å². The highest BCUT2D eigenvalue weighted by atomic mass is 19.4. The molecule has 0 unspecified atom stereocenters. The molecule has 8 heteroatoms. The lowest BCUT2D eigenvalue weighted by molar-refractivity contribution is -0.137. The summed E-state index contributed by atoms with van der Waals surface area (Å²) in [5, 5.41) is 2.94. The molecular formula is C15H19F3N4O. The maximum Gasteiger partial charge on any atom is 0.417 e. The van der Waals surface area contributed by atoms with Crippen LogP contribution in [0, 0.1) is 0 Å². The average Bonchev–Trinajstić information content (AvgIpc) is 3.26. The third kappa shape index (κ3) is 3.57. The van der Waals surface area contributed by atoms with Crippen molar-refractivity contribution in [1.29, 1.82) is 0 Å². The fraction of sp³-hybridized carbons (Fsp3) is 0.600. The Morgan fingerprint density at radius 3 is 2.70 bits per heavy atom. The smallest absolute Gasteiger partial charge is 0.355 e. The maximum absolute atomic E-state index is 12.6. The van der Waals surface area contributed by atoms with Gasteiger partial charge < -0.3 is 16.0 Å². The van der Waals surface area contributed by atoms with Crippen molar-refractivity contribution in [1.82, 2.24) is 10.3 Å². The molecule has 1 aliphatic heterocycles. The van der Waals surface area contributed by atoms with Crippen LogP contribution >= 0.6 is 0 Å². The van der Waals surface area contributed by atoms with Crippen LogP contribution in [0.4, 0.5) is 19.0 Å². The summed E-state index contributed by atoms with van der Waals surface area (Å²) in [6, 6.07) is 2.35. The van der Waals surface area contributed by atoms with Gasteiger partial charge in [0.25, 0.3) is 0 Å². The first-order chi connectivity index (χ1) is 10.8. The maximum atomic E-state index is 12.6. The second-order valence-electron chi connectivity index (χ2n) is 6.32. The Kier molecular flexibility index (Phi) is 3.95. The van der Waals surface area contributed by atoms with Gasteiger partial charge in [-0.2, -0.15) is 13.2 Å². The van der Waals surface area contributed by atoms with Gasteiger partial charge in [-0.25, -0.2) is 4.98 Å². The Labute approximate surface area is 132 Å². The first-order valence-electron chi connectivity index (χ1n) is 7.66. The van der Waals surface area contributed by atoms with Gasteiger partial charge in [0.15, 0.2) is 0 Å². The van der Waals surface area contributed by atoms with Gasteiger partial charge in [0.05, 0.1) is 11.1 Å². The number of alkyl halides is 3. The molecule has 3 rings (SSSR count). The summed E-state index contributed by atoms with van der Waals surface area (Å²) in [4.78, 5) is 17.8. The summed E-state index contributed by atoms with van der Waals surface area (Å²) >= 11 is 0. The third-order valence-corrected chi connectivity index (χ3v) is 4.40. The number of halogens is 3. The van der Waals surface area contributed by atoms with Gasteiger partial charge in [0, 0.05) is 25.3 Å². The van der Waals surface area contributed by atoms with Crippen LogP contribution < -0.4 is 16.0 Å². The average molecular weight is 328 g/mol. The highest BCUT2D eigenvalue weighted by Crippen LogP contribution is 2.33. The van der Waals surface area contributed by atoms with Crippen LogP contribution in [0.3, 0.4) is 0 Å². The molecule has 1 aromatic heterocycles. The molecule has 126 valence electrons. The monoisotopic (exact) mass is 328 g/mol. The van der Waals surface area contributed by atoms with Gasteiger partial charge >= 0.3 is 6.18 Å². The molecule has 1 saturated carbocycles. The van der Waals surface area contributed by atoms with Crippen molar-refractivity contribution in [3.63, 3.8) is 0 Å². The summed E-state index contributed by atoms with van der Waals surface area (Å²) in [6.07, 6.45) is -0.462. The van der Waals surface area contributed by atoms with Crippen LogP contribution in [0.15, 0.2) is 18.3 Å². The Morgan fingerprint density at radius 1 is 1.39 bits per heavy atom. The van der Waals surface area contributed by atoms with Crippen LogP contribution in [0.5, 0.6) is 0 Å². The number of carbonyl (C=O) groups excluding carboxylic acids is 1. The molecule has 0 spiro atoms. The van der Waals surface area contributed by atoms with Crippen LogP contribution in [0.25, 0.3) is 0 Å². The van der Waals surface area contributed by atoms with Crippen molar-refractivity contribution in [3.05, 3.63) is 23.9 Å². The summed E-state index contributed by atoms with van der Waals surface area (Å²) in [7, 11) is 0. The quantitative estimate of drug-likeness (QED) is 0.885. The number of rotatable bonds is 3. The van der Waals surface area contributed by atoms with E-state index in [4.69, 9.17) is 5.73 Å². The van der Waals surface area contributed by atoms with Gasteiger partial charge in [0.1, 0.15) is 5.82 Å². The predicted molar refractivity (Wildman–Crippen MR) is 78.8 cm³/mol. The molecule has 1 saturated heterocycles. The molecule has 1 amide bonds. The first kappa shape index (κ1) is 16.0. The van der Waals surface area contributed by atoms with E-state index in [1.807, 2.05) is 4.90 Å². The molecule has 3 N–H and O–H groups in total. The molecule has 23 heavy (non-hydrogen) atoms. The number of carbonyl (C=O) groups is 1. The number of hydrogen-bond acceptors (Lipinski definition) is 4. The minimum absolute atomic E-state index is 0.0543. The number of piperidine rings is 1. The molecule has 1 atom stereocenters. The molecule has 2 fully saturated rings. The molecule has 0 aromatic carbocycles. The minimum atomic E-state index is -4.39. The number of aromatic nitrogens is 1. The molecule has 1 aliphatic carbocycles. The standard InChI is InChI=1S/C15H19F3N4O/c16-15(17,18)10-3-4-12(20-8-10)22-7-1-2-11(9-22)21-13(23)14(19)5-6-14/h3-4,8,11H,1-2,5-7,9,19H2,(H,21,23)/t11-/m1/s1. The van der Waals surface area contributed by atoms with Crippen molar-refractivity contribution in [3.8, 4) is 0 Å². The van der Waals surface area contributed by atoms with Crippen molar-refractivity contribution in [2.45, 2.75) is 43.4 Å². The van der Waals surface area contributed by atoms with E-state index in [-0.39, 0.29) is 11.9 Å². The lowest BCUT2D eigenvalue weighted by atomic mass is 10.0. The molecule has 2 aliphatic rings. The second-order valence-corrected chi connectivity index (χ2v) is 6.32. The SMILES string of the molecule is NC1(C(=O)N[C@@H]2CCCN(c3ccc(C(F)(F)F)cn3)C2)CC1. The van der Waals surface area contributed by atoms with Crippen molar-refractivity contribution < 1.29 is 18.0 Å². The number of amides is 1. The lowest BCUT2D eigenvalue weighted by Crippen LogP contribution is -2.53. The van der Waals surface area contributed by atoms with Crippen LogP contribution in [-0.4, -0.2) is 35.6 Å². The fourth-order valence-electron chi connectivity index (χ4n) is 2.73. The fourth-order valence-corrected chi connectivity index (χ4v) is 2.73. The third-order valence-electron chi connectivity index (χ3n) is 4.40. The topological polar surface area (TPSA) is 71.2 Å². The van der Waals surface area contributed by atoms with Gasteiger partial charge in [-0.05, 0) is 37.8 Å². The van der Waals surface area contributed by atoms with Crippen molar-refractivity contribution in [2.75, 3.05) is 18.0 Å². The normalized spacial score (nSPS) is 23.5.